The summed E-state index contributed by atoms with van der Waals surface area (Å²) >= 11 is 3.06. The molecule has 6 nitrogen and oxygen atoms in total. The zero-order valence-electron chi connectivity index (χ0n) is 14.2. The summed E-state index contributed by atoms with van der Waals surface area (Å²) in [7, 11) is 1.51. The van der Waals surface area contributed by atoms with Gasteiger partial charge in [0.05, 0.1) is 12.7 Å². The first-order valence-electron chi connectivity index (χ1n) is 7.71. The second-order valence-electron chi connectivity index (χ2n) is 5.29. The van der Waals surface area contributed by atoms with E-state index in [1.54, 1.807) is 31.2 Å². The lowest BCUT2D eigenvalue weighted by molar-refractivity contribution is -0.141. The standard InChI is InChI=1S/C19H17BrO6/c1-12(20)18(22)25-11-17(21)13-6-8-15(9-7-13)26-19(23)14-4-3-5-16(10-14)24-2/h3-10,12H,11H2,1-2H3. The average molecular weight is 421 g/mol. The number of ether oxygens (including phenoxy) is 3. The van der Waals surface area contributed by atoms with Crippen molar-refractivity contribution in [1.82, 2.24) is 0 Å². The highest BCUT2D eigenvalue weighted by molar-refractivity contribution is 9.10. The lowest BCUT2D eigenvalue weighted by atomic mass is 10.1. The second kappa shape index (κ2) is 9.15. The van der Waals surface area contributed by atoms with Gasteiger partial charge in [-0.2, -0.15) is 0 Å². The Balaban J connectivity index is 1.97. The molecule has 7 heteroatoms. The van der Waals surface area contributed by atoms with E-state index < -0.39 is 16.8 Å². The van der Waals surface area contributed by atoms with Crippen LogP contribution in [0.5, 0.6) is 11.5 Å². The lowest BCUT2D eigenvalue weighted by Crippen LogP contribution is -2.19. The van der Waals surface area contributed by atoms with Crippen molar-refractivity contribution in [2.45, 2.75) is 11.8 Å². The molecule has 2 aromatic carbocycles. The van der Waals surface area contributed by atoms with Crippen LogP contribution >= 0.6 is 15.9 Å². The molecule has 0 saturated heterocycles. The molecule has 26 heavy (non-hydrogen) atoms. The van der Waals surface area contributed by atoms with Crippen LogP contribution in [0.4, 0.5) is 0 Å². The van der Waals surface area contributed by atoms with Crippen molar-refractivity contribution >= 4 is 33.7 Å². The highest BCUT2D eigenvalue weighted by Gasteiger charge is 2.14. The Bertz CT molecular complexity index is 798. The smallest absolute Gasteiger partial charge is 0.343 e. The van der Waals surface area contributed by atoms with Gasteiger partial charge in [-0.3, -0.25) is 9.59 Å². The minimum Gasteiger partial charge on any atom is -0.497 e. The van der Waals surface area contributed by atoms with Crippen LogP contribution in [0.3, 0.4) is 0 Å². The number of methoxy groups -OCH3 is 1. The number of esters is 2. The van der Waals surface area contributed by atoms with Crippen LogP contribution in [0, 0.1) is 0 Å². The van der Waals surface area contributed by atoms with Crippen molar-refractivity contribution in [2.24, 2.45) is 0 Å². The number of ketones is 1. The molecule has 0 aliphatic rings. The first kappa shape index (κ1) is 19.7. The lowest BCUT2D eigenvalue weighted by Gasteiger charge is -2.07. The number of carbonyl (C=O) groups excluding carboxylic acids is 3. The van der Waals surface area contributed by atoms with Gasteiger partial charge in [-0.25, -0.2) is 4.79 Å². The van der Waals surface area contributed by atoms with E-state index in [2.05, 4.69) is 15.9 Å². The molecule has 1 atom stereocenters. The van der Waals surface area contributed by atoms with Crippen LogP contribution in [-0.2, 0) is 9.53 Å². The minimum atomic E-state index is -0.539. The third-order valence-electron chi connectivity index (χ3n) is 3.36. The van der Waals surface area contributed by atoms with Gasteiger partial charge in [-0.15, -0.1) is 0 Å². The molecule has 136 valence electrons. The first-order chi connectivity index (χ1) is 12.4. The fraction of sp³-hybridized carbons (Fsp3) is 0.211. The van der Waals surface area contributed by atoms with E-state index in [9.17, 15) is 14.4 Å². The molecule has 0 N–H and O–H groups in total. The average Bonchev–Trinajstić information content (AvgIpc) is 2.66. The second-order valence-corrected chi connectivity index (χ2v) is 6.67. The Morgan fingerprint density at radius 2 is 1.69 bits per heavy atom. The minimum absolute atomic E-state index is 0.292. The number of hydrogen-bond donors (Lipinski definition) is 0. The molecule has 0 saturated carbocycles. The maximum absolute atomic E-state index is 12.1. The SMILES string of the molecule is COc1cccc(C(=O)Oc2ccc(C(=O)COC(=O)C(C)Br)cc2)c1. The maximum Gasteiger partial charge on any atom is 0.343 e. The van der Waals surface area contributed by atoms with Crippen molar-refractivity contribution in [3.05, 3.63) is 59.7 Å². The van der Waals surface area contributed by atoms with Crippen LogP contribution in [0.2, 0.25) is 0 Å². The summed E-state index contributed by atoms with van der Waals surface area (Å²) in [6.45, 7) is 1.26. The van der Waals surface area contributed by atoms with E-state index in [0.29, 0.717) is 22.6 Å². The van der Waals surface area contributed by atoms with E-state index in [1.165, 1.54) is 31.4 Å². The number of halogens is 1. The summed E-state index contributed by atoms with van der Waals surface area (Å²) in [5.74, 6) is -0.559. The molecule has 0 aliphatic heterocycles. The molecule has 0 heterocycles. The van der Waals surface area contributed by atoms with Crippen LogP contribution < -0.4 is 9.47 Å². The number of rotatable bonds is 7. The monoisotopic (exact) mass is 420 g/mol. The Labute approximate surface area is 159 Å². The van der Waals surface area contributed by atoms with Crippen molar-refractivity contribution < 1.29 is 28.6 Å². The zero-order valence-corrected chi connectivity index (χ0v) is 15.8. The van der Waals surface area contributed by atoms with Gasteiger partial charge in [0.2, 0.25) is 0 Å². The largest absolute Gasteiger partial charge is 0.497 e. The number of Topliss-reactive ketones (excluding diaryl/α,β-unsaturated/α-hetero) is 1. The van der Waals surface area contributed by atoms with Crippen molar-refractivity contribution in [2.75, 3.05) is 13.7 Å². The normalized spacial score (nSPS) is 11.3. The molecular formula is C19H17BrO6. The van der Waals surface area contributed by atoms with Gasteiger partial charge < -0.3 is 14.2 Å². The summed E-state index contributed by atoms with van der Waals surface area (Å²) < 4.78 is 15.2. The number of benzene rings is 2. The molecular weight excluding hydrogens is 404 g/mol. The molecule has 0 radical (unpaired) electrons. The quantitative estimate of drug-likeness (QED) is 0.295. The van der Waals surface area contributed by atoms with Gasteiger partial charge in [-0.1, -0.05) is 22.0 Å². The van der Waals surface area contributed by atoms with Crippen LogP contribution in [0.1, 0.15) is 27.6 Å². The molecule has 0 spiro atoms. The number of alkyl halides is 1. The van der Waals surface area contributed by atoms with E-state index in [-0.39, 0.29) is 12.4 Å². The first-order valence-corrected chi connectivity index (χ1v) is 8.62. The third kappa shape index (κ3) is 5.42. The zero-order chi connectivity index (χ0) is 19.1. The van der Waals surface area contributed by atoms with Crippen molar-refractivity contribution in [1.29, 1.82) is 0 Å². The Kier molecular flexibility index (Phi) is 6.91. The summed E-state index contributed by atoms with van der Waals surface area (Å²) in [5, 5.41) is 0. The predicted octanol–water partition coefficient (Wildman–Crippen LogP) is 3.42. The van der Waals surface area contributed by atoms with Gasteiger partial charge in [0.15, 0.2) is 12.4 Å². The Hall–Kier alpha value is -2.67. The van der Waals surface area contributed by atoms with Gasteiger partial charge >= 0.3 is 11.9 Å². The highest BCUT2D eigenvalue weighted by Crippen LogP contribution is 2.17. The predicted molar refractivity (Wildman–Crippen MR) is 98.1 cm³/mol. The van der Waals surface area contributed by atoms with E-state index >= 15 is 0 Å². The summed E-state index contributed by atoms with van der Waals surface area (Å²) in [5.41, 5.74) is 0.696. The number of carbonyl (C=O) groups is 3. The fourth-order valence-electron chi connectivity index (χ4n) is 1.96. The molecule has 1 unspecified atom stereocenters. The molecule has 0 aromatic heterocycles. The van der Waals surface area contributed by atoms with E-state index in [1.807, 2.05) is 0 Å². The molecule has 0 amide bonds. The van der Waals surface area contributed by atoms with E-state index in [0.717, 1.165) is 0 Å². The van der Waals surface area contributed by atoms with Gasteiger partial charge in [-0.05, 0) is 49.4 Å². The fourth-order valence-corrected chi connectivity index (χ4v) is 2.09. The van der Waals surface area contributed by atoms with Gasteiger partial charge in [0.25, 0.3) is 0 Å². The number of hydrogen-bond acceptors (Lipinski definition) is 6. The van der Waals surface area contributed by atoms with Crippen LogP contribution in [0.15, 0.2) is 48.5 Å². The van der Waals surface area contributed by atoms with Crippen molar-refractivity contribution in [3.8, 4) is 11.5 Å². The molecule has 0 fully saturated rings. The Morgan fingerprint density at radius 1 is 1.00 bits per heavy atom. The summed E-state index contributed by atoms with van der Waals surface area (Å²) in [6, 6.07) is 12.6. The molecule has 2 aromatic rings. The highest BCUT2D eigenvalue weighted by atomic mass is 79.9. The molecule has 2 rings (SSSR count). The van der Waals surface area contributed by atoms with Crippen LogP contribution in [-0.4, -0.2) is 36.3 Å². The molecule has 0 aliphatic carbocycles. The summed E-state index contributed by atoms with van der Waals surface area (Å²) in [6.07, 6.45) is 0. The van der Waals surface area contributed by atoms with Crippen LogP contribution in [0.25, 0.3) is 0 Å². The maximum atomic E-state index is 12.1. The van der Waals surface area contributed by atoms with Crippen molar-refractivity contribution in [3.63, 3.8) is 0 Å². The van der Waals surface area contributed by atoms with Gasteiger partial charge in [0.1, 0.15) is 16.3 Å². The Morgan fingerprint density at radius 3 is 2.31 bits per heavy atom. The molecule has 0 bridgehead atoms. The summed E-state index contributed by atoms with van der Waals surface area (Å²) in [4.78, 5) is 35.0. The van der Waals surface area contributed by atoms with Gasteiger partial charge in [0, 0.05) is 5.56 Å². The third-order valence-corrected chi connectivity index (χ3v) is 3.74. The van der Waals surface area contributed by atoms with E-state index in [4.69, 9.17) is 14.2 Å². The topological polar surface area (TPSA) is 78.9 Å².